The highest BCUT2D eigenvalue weighted by Gasteiger charge is 2.25. The Bertz CT molecular complexity index is 3740. The number of imidazole rings is 1. The average molecular weight is 931 g/mol. The van der Waals surface area contributed by atoms with E-state index in [9.17, 15) is 12.0 Å². The Hall–Kier alpha value is -7.82. The molecular weight excluding hydrogens is 863 g/mol. The maximum atomic E-state index is 12.4. The lowest BCUT2D eigenvalue weighted by atomic mass is 9.84. The molecular formula is C67H63N3O. The van der Waals surface area contributed by atoms with Crippen molar-refractivity contribution in [3.05, 3.63) is 216 Å². The molecule has 352 valence electrons. The number of benzene rings is 8. The lowest BCUT2D eigenvalue weighted by Gasteiger charge is -2.22. The summed E-state index contributed by atoms with van der Waals surface area (Å²) in [5.41, 5.74) is 16.5. The van der Waals surface area contributed by atoms with Gasteiger partial charge in [-0.05, 0) is 163 Å². The lowest BCUT2D eigenvalue weighted by Crippen LogP contribution is -2.04. The predicted octanol–water partition coefficient (Wildman–Crippen LogP) is 18.6. The van der Waals surface area contributed by atoms with Crippen molar-refractivity contribution in [1.29, 1.82) is 0 Å². The van der Waals surface area contributed by atoms with Crippen LogP contribution in [0.25, 0.3) is 95.0 Å². The van der Waals surface area contributed by atoms with E-state index in [0.717, 1.165) is 66.9 Å². The summed E-state index contributed by atoms with van der Waals surface area (Å²) in [5, 5.41) is 12.4. The van der Waals surface area contributed by atoms with E-state index < -0.39 is 18.6 Å². The van der Waals surface area contributed by atoms with E-state index in [-0.39, 0.29) is 23.1 Å². The van der Waals surface area contributed by atoms with Gasteiger partial charge in [-0.25, -0.2) is 4.98 Å². The summed E-state index contributed by atoms with van der Waals surface area (Å²) in [6, 6.07) is 61.1. The number of phenols is 1. The zero-order valence-corrected chi connectivity index (χ0v) is 41.8. The molecule has 10 aromatic rings. The van der Waals surface area contributed by atoms with E-state index in [1.54, 1.807) is 6.07 Å². The van der Waals surface area contributed by atoms with Gasteiger partial charge in [-0.1, -0.05) is 183 Å². The molecule has 0 unspecified atom stereocenters. The number of pyridine rings is 1. The van der Waals surface area contributed by atoms with Gasteiger partial charge in [-0.15, -0.1) is 0 Å². The maximum absolute atomic E-state index is 12.4. The van der Waals surface area contributed by atoms with Crippen molar-refractivity contribution in [3.63, 3.8) is 0 Å². The standard InChI is InChI=1S/C67H63N3O/c1-41(2)52-38-59(44(7)8)66(71)60(39-52)67-69-65-58(24-17-25-63(65)70(67)62-31-30-51(34-45(62)9)64-56(42(3)4)22-16-23-57(64)43(5)6)54-35-53(47-20-14-11-15-21-47)36-55(37-54)61-40-50(32-33-68-61)49-28-26-48(27-29-49)46-18-12-10-13-19-46/h10-44,71H,1-9H3/i9D3,42D,43D. The van der Waals surface area contributed by atoms with Crippen LogP contribution in [0.1, 0.15) is 114 Å². The third-order valence-electron chi connectivity index (χ3n) is 13.8. The largest absolute Gasteiger partial charge is 0.507 e. The van der Waals surface area contributed by atoms with E-state index in [1.165, 1.54) is 0 Å². The van der Waals surface area contributed by atoms with Crippen LogP contribution in [0.3, 0.4) is 0 Å². The van der Waals surface area contributed by atoms with Crippen molar-refractivity contribution in [2.24, 2.45) is 0 Å². The number of aromatic nitrogens is 3. The molecule has 4 nitrogen and oxygen atoms in total. The van der Waals surface area contributed by atoms with Crippen LogP contribution in [0.2, 0.25) is 0 Å². The smallest absolute Gasteiger partial charge is 0.149 e. The second kappa shape index (κ2) is 19.5. The fraction of sp³-hybridized carbons (Fsp3) is 0.194. The van der Waals surface area contributed by atoms with E-state index in [1.807, 2.05) is 117 Å². The fourth-order valence-corrected chi connectivity index (χ4v) is 9.95. The van der Waals surface area contributed by atoms with Gasteiger partial charge in [0.05, 0.1) is 28.0 Å². The molecule has 0 amide bonds. The molecule has 2 heterocycles. The first-order valence-corrected chi connectivity index (χ1v) is 24.7. The zero-order chi connectivity index (χ0) is 53.8. The third-order valence-corrected chi connectivity index (χ3v) is 13.8. The second-order valence-corrected chi connectivity index (χ2v) is 19.8. The minimum Gasteiger partial charge on any atom is -0.507 e. The van der Waals surface area contributed by atoms with Crippen molar-refractivity contribution in [2.45, 2.75) is 85.9 Å². The first kappa shape index (κ1) is 41.0. The molecule has 0 spiro atoms. The second-order valence-electron chi connectivity index (χ2n) is 19.8. The summed E-state index contributed by atoms with van der Waals surface area (Å²) in [5.74, 6) is -1.54. The number of para-hydroxylation sites is 1. The molecule has 4 heteroatoms. The fourth-order valence-electron chi connectivity index (χ4n) is 9.95. The highest BCUT2D eigenvalue weighted by atomic mass is 16.3. The van der Waals surface area contributed by atoms with Crippen LogP contribution in [-0.2, 0) is 0 Å². The van der Waals surface area contributed by atoms with Crippen molar-refractivity contribution < 1.29 is 12.0 Å². The van der Waals surface area contributed by atoms with Crippen LogP contribution in [0, 0.1) is 6.85 Å². The Morgan fingerprint density at radius 3 is 1.70 bits per heavy atom. The number of aryl methyl sites for hydroxylation is 1. The van der Waals surface area contributed by atoms with Crippen LogP contribution in [0.15, 0.2) is 188 Å². The molecule has 2 aromatic heterocycles. The van der Waals surface area contributed by atoms with Crippen molar-refractivity contribution in [1.82, 2.24) is 14.5 Å². The summed E-state index contributed by atoms with van der Waals surface area (Å²) in [4.78, 5) is 10.5. The highest BCUT2D eigenvalue weighted by molar-refractivity contribution is 5.98. The first-order chi connectivity index (χ1) is 36.2. The monoisotopic (exact) mass is 931 g/mol. The minimum absolute atomic E-state index is 0.0280. The maximum Gasteiger partial charge on any atom is 0.149 e. The van der Waals surface area contributed by atoms with E-state index in [0.29, 0.717) is 50.4 Å². The molecule has 10 rings (SSSR count). The van der Waals surface area contributed by atoms with Gasteiger partial charge in [-0.2, -0.15) is 0 Å². The molecule has 0 saturated heterocycles. The van der Waals surface area contributed by atoms with Crippen LogP contribution in [-0.4, -0.2) is 19.6 Å². The number of rotatable bonds is 12. The predicted molar refractivity (Wildman–Crippen MR) is 300 cm³/mol. The summed E-state index contributed by atoms with van der Waals surface area (Å²) in [7, 11) is 0. The SMILES string of the molecule is [2H]C([2H])([2H])c1cc(-c2c(C([2H])(C)C)cccc2C([2H])(C)C)ccc1-n1c(-c2cc(C(C)C)cc(C(C)C)c2O)nc2c(-c3cc(-c4ccccc4)cc(-c4cc(-c5ccc(-c6ccccc6)cc5)ccn4)c3)cccc21. The van der Waals surface area contributed by atoms with Gasteiger partial charge >= 0.3 is 0 Å². The molecule has 0 bridgehead atoms. The number of hydrogen-bond acceptors (Lipinski definition) is 3. The lowest BCUT2D eigenvalue weighted by molar-refractivity contribution is 0.466. The van der Waals surface area contributed by atoms with Crippen LogP contribution in [0.4, 0.5) is 0 Å². The molecule has 0 aliphatic heterocycles. The summed E-state index contributed by atoms with van der Waals surface area (Å²) in [6.07, 6.45) is 1.86. The molecule has 0 aliphatic carbocycles. The molecule has 71 heavy (non-hydrogen) atoms. The molecule has 0 aliphatic rings. The van der Waals surface area contributed by atoms with Crippen LogP contribution < -0.4 is 0 Å². The molecule has 8 aromatic carbocycles. The van der Waals surface area contributed by atoms with Crippen molar-refractivity contribution in [2.75, 3.05) is 0 Å². The van der Waals surface area contributed by atoms with Crippen molar-refractivity contribution in [3.8, 4) is 89.7 Å². The minimum atomic E-state index is -2.63. The molecule has 0 atom stereocenters. The molecule has 0 fully saturated rings. The Labute approximate surface area is 427 Å². The number of fused-ring (bicyclic) bond motifs is 1. The third kappa shape index (κ3) is 9.12. The van der Waals surface area contributed by atoms with E-state index >= 15 is 0 Å². The molecule has 0 radical (unpaired) electrons. The summed E-state index contributed by atoms with van der Waals surface area (Å²) < 4.78 is 47.9. The average Bonchev–Trinajstić information content (AvgIpc) is 3.79. The Morgan fingerprint density at radius 1 is 0.479 bits per heavy atom. The topological polar surface area (TPSA) is 50.9 Å². The first-order valence-electron chi connectivity index (χ1n) is 27.2. The number of phenolic OH excluding ortho intramolecular Hbond substituents is 1. The Balaban J connectivity index is 1.22. The van der Waals surface area contributed by atoms with Gasteiger partial charge in [-0.3, -0.25) is 9.55 Å². The normalized spacial score (nSPS) is 13.2. The van der Waals surface area contributed by atoms with E-state index in [2.05, 4.69) is 125 Å². The summed E-state index contributed by atoms with van der Waals surface area (Å²) in [6.45, 7) is 13.0. The number of nitrogens with zero attached hydrogens (tertiary/aromatic N) is 3. The van der Waals surface area contributed by atoms with Gasteiger partial charge in [0.2, 0.25) is 0 Å². The number of aromatic hydroxyl groups is 1. The van der Waals surface area contributed by atoms with Gasteiger partial charge in [0.15, 0.2) is 0 Å². The quantitative estimate of drug-likeness (QED) is 0.133. The van der Waals surface area contributed by atoms with Crippen LogP contribution >= 0.6 is 0 Å². The molecule has 1 N–H and O–H groups in total. The number of hydrogen-bond donors (Lipinski definition) is 1. The van der Waals surface area contributed by atoms with Gasteiger partial charge in [0.1, 0.15) is 11.6 Å². The Kier molecular flexibility index (Phi) is 11.3. The van der Waals surface area contributed by atoms with E-state index in [4.69, 9.17) is 9.97 Å². The van der Waals surface area contributed by atoms with Crippen molar-refractivity contribution >= 4 is 11.0 Å². The van der Waals surface area contributed by atoms with Gasteiger partial charge < -0.3 is 5.11 Å². The van der Waals surface area contributed by atoms with Gasteiger partial charge in [0.25, 0.3) is 0 Å². The highest BCUT2D eigenvalue weighted by Crippen LogP contribution is 2.45. The van der Waals surface area contributed by atoms with Crippen LogP contribution in [0.5, 0.6) is 5.75 Å². The Morgan fingerprint density at radius 2 is 1.07 bits per heavy atom. The van der Waals surface area contributed by atoms with Gasteiger partial charge in [0, 0.05) is 24.2 Å². The zero-order valence-electron chi connectivity index (χ0n) is 46.8. The summed E-state index contributed by atoms with van der Waals surface area (Å²) >= 11 is 0. The molecule has 0 saturated carbocycles.